The second-order valence-electron chi connectivity index (χ2n) is 5.37. The lowest BCUT2D eigenvalue weighted by molar-refractivity contribution is -0.155. The van der Waals surface area contributed by atoms with Crippen LogP contribution in [0.4, 0.5) is 13.2 Å². The van der Waals surface area contributed by atoms with E-state index in [1.54, 1.807) is 24.3 Å². The van der Waals surface area contributed by atoms with Gasteiger partial charge >= 0.3 is 6.18 Å². The molecule has 1 aromatic carbocycles. The van der Waals surface area contributed by atoms with Crippen molar-refractivity contribution in [3.63, 3.8) is 0 Å². The number of halogens is 3. The SMILES string of the molecule is COc1cccc(CNS(=O)(=O)c2ccc(-c3cc(C(F)(F)F)on3)o2)c1. The molecule has 1 N–H and O–H groups in total. The second kappa shape index (κ2) is 7.08. The Bertz CT molecular complexity index is 1040. The monoisotopic (exact) mass is 402 g/mol. The molecule has 2 aromatic heterocycles. The standard InChI is InChI=1S/C16H13F3N2O5S/c1-24-11-4-2-3-10(7-11)9-20-27(22,23)15-6-5-13(25-15)12-8-14(26-21-12)16(17,18)19/h2-8,20H,9H2,1H3. The average molecular weight is 402 g/mol. The Hall–Kier alpha value is -2.79. The van der Waals surface area contributed by atoms with Crippen molar-refractivity contribution in [3.8, 4) is 17.2 Å². The van der Waals surface area contributed by atoms with Crippen molar-refractivity contribution in [2.75, 3.05) is 7.11 Å². The molecule has 0 radical (unpaired) electrons. The van der Waals surface area contributed by atoms with Gasteiger partial charge in [-0.05, 0) is 29.8 Å². The van der Waals surface area contributed by atoms with E-state index < -0.39 is 27.1 Å². The number of hydrogen-bond donors (Lipinski definition) is 1. The summed E-state index contributed by atoms with van der Waals surface area (Å²) in [6.07, 6.45) is -4.70. The summed E-state index contributed by atoms with van der Waals surface area (Å²) in [5.41, 5.74) is 0.382. The van der Waals surface area contributed by atoms with Gasteiger partial charge < -0.3 is 13.7 Å². The van der Waals surface area contributed by atoms with Gasteiger partial charge in [-0.25, -0.2) is 13.1 Å². The second-order valence-corrected chi connectivity index (χ2v) is 7.07. The third kappa shape index (κ3) is 4.31. The minimum Gasteiger partial charge on any atom is -0.497 e. The Balaban J connectivity index is 1.75. The Kier molecular flexibility index (Phi) is 4.98. The molecule has 0 saturated carbocycles. The van der Waals surface area contributed by atoms with Crippen molar-refractivity contribution in [1.29, 1.82) is 0 Å². The topological polar surface area (TPSA) is 94.6 Å². The lowest BCUT2D eigenvalue weighted by atomic mass is 10.2. The first-order chi connectivity index (χ1) is 12.7. The number of nitrogens with one attached hydrogen (secondary N) is 1. The van der Waals surface area contributed by atoms with Gasteiger partial charge in [0.05, 0.1) is 7.11 Å². The normalized spacial score (nSPS) is 12.3. The predicted octanol–water partition coefficient (Wildman–Crippen LogP) is 3.44. The number of ether oxygens (including phenoxy) is 1. The van der Waals surface area contributed by atoms with Crippen molar-refractivity contribution in [2.45, 2.75) is 17.8 Å². The van der Waals surface area contributed by atoms with Crippen molar-refractivity contribution in [3.05, 3.63) is 53.8 Å². The molecule has 144 valence electrons. The summed E-state index contributed by atoms with van der Waals surface area (Å²) in [6, 6.07) is 9.71. The highest BCUT2D eigenvalue weighted by Gasteiger charge is 2.36. The number of rotatable bonds is 6. The molecule has 2 heterocycles. The molecule has 0 aliphatic heterocycles. The summed E-state index contributed by atoms with van der Waals surface area (Å²) in [6.45, 7) is -0.0300. The lowest BCUT2D eigenvalue weighted by Crippen LogP contribution is -2.22. The first-order valence-electron chi connectivity index (χ1n) is 7.46. The van der Waals surface area contributed by atoms with Crippen molar-refractivity contribution in [1.82, 2.24) is 9.88 Å². The molecule has 0 saturated heterocycles. The lowest BCUT2D eigenvalue weighted by Gasteiger charge is -2.06. The predicted molar refractivity (Wildman–Crippen MR) is 86.2 cm³/mol. The van der Waals surface area contributed by atoms with E-state index in [-0.39, 0.29) is 18.0 Å². The van der Waals surface area contributed by atoms with Crippen molar-refractivity contribution in [2.24, 2.45) is 0 Å². The molecule has 0 amide bonds. The smallest absolute Gasteiger partial charge is 0.452 e. The molecule has 0 unspecified atom stereocenters. The average Bonchev–Trinajstić information content (AvgIpc) is 3.29. The van der Waals surface area contributed by atoms with E-state index in [0.29, 0.717) is 17.4 Å². The first-order valence-corrected chi connectivity index (χ1v) is 8.94. The third-order valence-corrected chi connectivity index (χ3v) is 4.76. The fourth-order valence-electron chi connectivity index (χ4n) is 2.16. The Morgan fingerprint density at radius 2 is 1.96 bits per heavy atom. The highest BCUT2D eigenvalue weighted by molar-refractivity contribution is 7.89. The Morgan fingerprint density at radius 3 is 2.63 bits per heavy atom. The minimum atomic E-state index is -4.70. The van der Waals surface area contributed by atoms with Crippen LogP contribution in [0.25, 0.3) is 11.5 Å². The first kappa shape index (κ1) is 19.0. The maximum atomic E-state index is 12.5. The van der Waals surface area contributed by atoms with E-state index in [0.717, 1.165) is 6.07 Å². The summed E-state index contributed by atoms with van der Waals surface area (Å²) in [4.78, 5) is 0. The summed E-state index contributed by atoms with van der Waals surface area (Å²) in [5.74, 6) is -0.913. The van der Waals surface area contributed by atoms with Crippen LogP contribution in [-0.2, 0) is 22.7 Å². The highest BCUT2D eigenvalue weighted by atomic mass is 32.2. The number of furan rings is 1. The van der Waals surface area contributed by atoms with Crippen LogP contribution in [-0.4, -0.2) is 20.7 Å². The van der Waals surface area contributed by atoms with E-state index in [4.69, 9.17) is 9.15 Å². The van der Waals surface area contributed by atoms with Crippen LogP contribution in [0.1, 0.15) is 11.3 Å². The van der Waals surface area contributed by atoms with Gasteiger partial charge in [0.25, 0.3) is 10.0 Å². The molecule has 0 atom stereocenters. The van der Waals surface area contributed by atoms with Gasteiger partial charge in [-0.1, -0.05) is 17.3 Å². The van der Waals surface area contributed by atoms with Crippen LogP contribution in [0.2, 0.25) is 0 Å². The molecular weight excluding hydrogens is 389 g/mol. The van der Waals surface area contributed by atoms with E-state index in [2.05, 4.69) is 14.4 Å². The molecule has 0 aliphatic carbocycles. The number of nitrogens with zero attached hydrogens (tertiary/aromatic N) is 1. The molecule has 11 heteroatoms. The number of hydrogen-bond acceptors (Lipinski definition) is 6. The van der Waals surface area contributed by atoms with Gasteiger partial charge in [-0.2, -0.15) is 13.2 Å². The zero-order chi connectivity index (χ0) is 19.7. The van der Waals surface area contributed by atoms with Gasteiger partial charge in [-0.15, -0.1) is 0 Å². The third-order valence-electron chi connectivity index (χ3n) is 3.49. The van der Waals surface area contributed by atoms with E-state index >= 15 is 0 Å². The molecular formula is C16H13F3N2O5S. The fourth-order valence-corrected chi connectivity index (χ4v) is 3.10. The largest absolute Gasteiger partial charge is 0.497 e. The molecule has 0 aliphatic rings. The number of alkyl halides is 3. The fraction of sp³-hybridized carbons (Fsp3) is 0.188. The molecule has 0 bridgehead atoms. The molecule has 7 nitrogen and oxygen atoms in total. The summed E-state index contributed by atoms with van der Waals surface area (Å²) < 4.78 is 79.0. The number of aromatic nitrogens is 1. The van der Waals surface area contributed by atoms with Gasteiger partial charge in [0.1, 0.15) is 11.4 Å². The Morgan fingerprint density at radius 1 is 1.19 bits per heavy atom. The number of sulfonamides is 1. The van der Waals surface area contributed by atoms with Crippen LogP contribution in [0.3, 0.4) is 0 Å². The van der Waals surface area contributed by atoms with Gasteiger partial charge in [0.2, 0.25) is 10.9 Å². The minimum absolute atomic E-state index is 0.0300. The number of benzene rings is 1. The molecule has 27 heavy (non-hydrogen) atoms. The van der Waals surface area contributed by atoms with E-state index in [1.807, 2.05) is 0 Å². The zero-order valence-corrected chi connectivity index (χ0v) is 14.6. The van der Waals surface area contributed by atoms with Gasteiger partial charge in [0, 0.05) is 12.6 Å². The van der Waals surface area contributed by atoms with Crippen LogP contribution in [0, 0.1) is 0 Å². The maximum Gasteiger partial charge on any atom is 0.452 e. The summed E-state index contributed by atoms with van der Waals surface area (Å²) in [5, 5.41) is 2.78. The Labute approximate surface area is 151 Å². The van der Waals surface area contributed by atoms with Crippen molar-refractivity contribution < 1.29 is 35.3 Å². The summed E-state index contributed by atoms with van der Waals surface area (Å²) in [7, 11) is -2.54. The van der Waals surface area contributed by atoms with E-state index in [9.17, 15) is 21.6 Å². The number of methoxy groups -OCH3 is 1. The van der Waals surface area contributed by atoms with Crippen LogP contribution in [0.15, 0.2) is 56.5 Å². The zero-order valence-electron chi connectivity index (χ0n) is 13.8. The van der Waals surface area contributed by atoms with Gasteiger partial charge in [0.15, 0.2) is 5.76 Å². The van der Waals surface area contributed by atoms with Crippen LogP contribution >= 0.6 is 0 Å². The molecule has 0 spiro atoms. The maximum absolute atomic E-state index is 12.5. The van der Waals surface area contributed by atoms with Crippen molar-refractivity contribution >= 4 is 10.0 Å². The molecule has 3 aromatic rings. The van der Waals surface area contributed by atoms with E-state index in [1.165, 1.54) is 13.2 Å². The quantitative estimate of drug-likeness (QED) is 0.679. The molecule has 0 fully saturated rings. The highest BCUT2D eigenvalue weighted by Crippen LogP contribution is 2.33. The van der Waals surface area contributed by atoms with Crippen LogP contribution < -0.4 is 9.46 Å². The van der Waals surface area contributed by atoms with Gasteiger partial charge in [-0.3, -0.25) is 0 Å². The molecule has 3 rings (SSSR count). The summed E-state index contributed by atoms with van der Waals surface area (Å²) >= 11 is 0. The van der Waals surface area contributed by atoms with Crippen LogP contribution in [0.5, 0.6) is 5.75 Å².